The van der Waals surface area contributed by atoms with Crippen molar-refractivity contribution in [2.75, 3.05) is 14.2 Å². The minimum absolute atomic E-state index is 0.0407. The molecule has 0 bridgehead atoms. The van der Waals surface area contributed by atoms with Gasteiger partial charge in [0.1, 0.15) is 0 Å². The van der Waals surface area contributed by atoms with Crippen LogP contribution in [0.3, 0.4) is 0 Å². The summed E-state index contributed by atoms with van der Waals surface area (Å²) in [6.07, 6.45) is 1.76. The number of nitrogens with one attached hydrogen (secondary N) is 1. The van der Waals surface area contributed by atoms with E-state index in [0.717, 1.165) is 22.2 Å². The van der Waals surface area contributed by atoms with Gasteiger partial charge in [0.25, 0.3) is 0 Å². The Morgan fingerprint density at radius 3 is 2.53 bits per heavy atom. The summed E-state index contributed by atoms with van der Waals surface area (Å²) in [5.74, 6) is 0.547. The first-order chi connectivity index (χ1) is 14.5. The molecule has 0 unspecified atom stereocenters. The van der Waals surface area contributed by atoms with Gasteiger partial charge in [-0.15, -0.1) is 0 Å². The number of fused-ring (bicyclic) bond motifs is 1. The van der Waals surface area contributed by atoms with Gasteiger partial charge in [-0.3, -0.25) is 9.59 Å². The zero-order valence-corrected chi connectivity index (χ0v) is 17.6. The van der Waals surface area contributed by atoms with Crippen LogP contribution in [-0.2, 0) is 11.8 Å². The summed E-state index contributed by atoms with van der Waals surface area (Å²) in [6.45, 7) is 2.00. The zero-order valence-electron chi connectivity index (χ0n) is 17.6. The summed E-state index contributed by atoms with van der Waals surface area (Å²) in [4.78, 5) is 24.5. The maximum absolute atomic E-state index is 12.4. The number of hydrogen-bond acceptors (Lipinski definition) is 5. The van der Waals surface area contributed by atoms with E-state index in [-0.39, 0.29) is 24.5 Å². The van der Waals surface area contributed by atoms with E-state index in [9.17, 15) is 9.59 Å². The number of nitrogens with zero attached hydrogens (tertiary/aromatic N) is 2. The molecule has 2 aromatic carbocycles. The van der Waals surface area contributed by atoms with Crippen LogP contribution in [0.2, 0.25) is 0 Å². The molecule has 1 N–H and O–H groups in total. The fourth-order valence-electron chi connectivity index (χ4n) is 3.32. The average Bonchev–Trinajstić information content (AvgIpc) is 3.02. The van der Waals surface area contributed by atoms with Gasteiger partial charge in [-0.1, -0.05) is 18.2 Å². The molecule has 1 amide bonds. The third-order valence-electron chi connectivity index (χ3n) is 5.12. The lowest BCUT2D eigenvalue weighted by atomic mass is 10.1. The predicted octanol–water partition coefficient (Wildman–Crippen LogP) is 3.62. The molecule has 1 heterocycles. The van der Waals surface area contributed by atoms with E-state index >= 15 is 0 Å². The van der Waals surface area contributed by atoms with Crippen molar-refractivity contribution in [3.8, 4) is 11.5 Å². The molecule has 30 heavy (non-hydrogen) atoms. The lowest BCUT2D eigenvalue weighted by Gasteiger charge is -2.08. The normalized spacial score (nSPS) is 11.1. The first-order valence-electron chi connectivity index (χ1n) is 9.57. The molecule has 0 fully saturated rings. The average molecular weight is 407 g/mol. The highest BCUT2D eigenvalue weighted by molar-refractivity contribution is 6.01. The van der Waals surface area contributed by atoms with Gasteiger partial charge in [-0.2, -0.15) is 5.10 Å². The Hall–Kier alpha value is -3.61. The third kappa shape index (κ3) is 4.35. The summed E-state index contributed by atoms with van der Waals surface area (Å²) in [7, 11) is 5.03. The molecule has 0 atom stereocenters. The van der Waals surface area contributed by atoms with Crippen molar-refractivity contribution >= 4 is 28.8 Å². The van der Waals surface area contributed by atoms with Crippen LogP contribution in [-0.4, -0.2) is 36.7 Å². The second-order valence-corrected chi connectivity index (χ2v) is 6.86. The molecule has 0 saturated carbocycles. The Bertz CT molecular complexity index is 1120. The van der Waals surface area contributed by atoms with E-state index in [0.29, 0.717) is 17.1 Å². The molecule has 156 valence electrons. The van der Waals surface area contributed by atoms with Gasteiger partial charge in [0, 0.05) is 47.6 Å². The van der Waals surface area contributed by atoms with Crippen molar-refractivity contribution in [3.05, 3.63) is 59.3 Å². The lowest BCUT2D eigenvalue weighted by Crippen LogP contribution is -2.18. The summed E-state index contributed by atoms with van der Waals surface area (Å²) in [6, 6.07) is 13.0. The van der Waals surface area contributed by atoms with Crippen molar-refractivity contribution in [3.63, 3.8) is 0 Å². The lowest BCUT2D eigenvalue weighted by molar-refractivity contribution is -0.121. The highest BCUT2D eigenvalue weighted by Crippen LogP contribution is 2.28. The molecule has 0 saturated heterocycles. The summed E-state index contributed by atoms with van der Waals surface area (Å²) in [5, 5.41) is 5.15. The summed E-state index contributed by atoms with van der Waals surface area (Å²) < 4.78 is 12.5. The molecule has 0 aliphatic carbocycles. The molecule has 0 spiro atoms. The molecular formula is C23H25N3O4. The Morgan fingerprint density at radius 1 is 1.07 bits per heavy atom. The first kappa shape index (κ1) is 21.1. The number of carbonyl (C=O) groups excluding carboxylic acids is 2. The zero-order chi connectivity index (χ0) is 21.7. The van der Waals surface area contributed by atoms with E-state index in [2.05, 4.69) is 15.1 Å². The molecule has 7 heteroatoms. The van der Waals surface area contributed by atoms with Crippen molar-refractivity contribution in [1.29, 1.82) is 0 Å². The van der Waals surface area contributed by atoms with E-state index in [1.165, 1.54) is 14.2 Å². The van der Waals surface area contributed by atoms with Gasteiger partial charge in [0.15, 0.2) is 17.3 Å². The number of ketones is 1. The Balaban J connectivity index is 1.59. The van der Waals surface area contributed by atoms with Gasteiger partial charge in [-0.05, 0) is 31.2 Å². The number of para-hydroxylation sites is 1. The standard InChI is InChI=1S/C23H25N3O4/c1-15-18(17-7-5-6-8-19(17)26(15)2)14-24-25-23(28)12-10-20(27)16-9-11-21(29-3)22(13-16)30-4/h5-9,11,13-14H,10,12H2,1-4H3,(H,25,28)/b24-14+. The number of benzene rings is 2. The Labute approximate surface area is 175 Å². The van der Waals surface area contributed by atoms with Crippen LogP contribution >= 0.6 is 0 Å². The van der Waals surface area contributed by atoms with Crippen molar-refractivity contribution < 1.29 is 19.1 Å². The van der Waals surface area contributed by atoms with Crippen LogP contribution in [0.25, 0.3) is 10.9 Å². The summed E-state index contributed by atoms with van der Waals surface area (Å²) >= 11 is 0. The predicted molar refractivity (Wildman–Crippen MR) is 117 cm³/mol. The minimum atomic E-state index is -0.321. The number of aromatic nitrogens is 1. The highest BCUT2D eigenvalue weighted by Gasteiger charge is 2.13. The number of carbonyl (C=O) groups is 2. The van der Waals surface area contributed by atoms with E-state index < -0.39 is 0 Å². The highest BCUT2D eigenvalue weighted by atomic mass is 16.5. The van der Waals surface area contributed by atoms with Crippen LogP contribution in [0.1, 0.15) is 34.5 Å². The molecule has 0 aliphatic heterocycles. The van der Waals surface area contributed by atoms with Crippen molar-refractivity contribution in [1.82, 2.24) is 9.99 Å². The maximum atomic E-state index is 12.4. The molecule has 1 aromatic heterocycles. The largest absolute Gasteiger partial charge is 0.493 e. The molecular weight excluding hydrogens is 382 g/mol. The number of aryl methyl sites for hydroxylation is 1. The van der Waals surface area contributed by atoms with Crippen LogP contribution in [0, 0.1) is 6.92 Å². The molecule has 3 rings (SSSR count). The Morgan fingerprint density at radius 2 is 1.80 bits per heavy atom. The summed E-state index contributed by atoms with van der Waals surface area (Å²) in [5.41, 5.74) is 6.08. The number of hydrazone groups is 1. The molecule has 0 radical (unpaired) electrons. The van der Waals surface area contributed by atoms with Crippen LogP contribution in [0.15, 0.2) is 47.6 Å². The number of Topliss-reactive ketones (excluding diaryl/α,β-unsaturated/α-hetero) is 1. The van der Waals surface area contributed by atoms with Crippen LogP contribution < -0.4 is 14.9 Å². The van der Waals surface area contributed by atoms with E-state index in [4.69, 9.17) is 9.47 Å². The second kappa shape index (κ2) is 9.26. The number of methoxy groups -OCH3 is 2. The SMILES string of the molecule is COc1ccc(C(=O)CCC(=O)N/N=C/c2c(C)n(C)c3ccccc23)cc1OC. The maximum Gasteiger partial charge on any atom is 0.240 e. The number of rotatable bonds is 8. The third-order valence-corrected chi connectivity index (χ3v) is 5.12. The van der Waals surface area contributed by atoms with Gasteiger partial charge in [0.05, 0.1) is 20.4 Å². The van der Waals surface area contributed by atoms with Crippen molar-refractivity contribution in [2.45, 2.75) is 19.8 Å². The Kier molecular flexibility index (Phi) is 6.51. The van der Waals surface area contributed by atoms with Crippen molar-refractivity contribution in [2.24, 2.45) is 12.1 Å². The van der Waals surface area contributed by atoms with Gasteiger partial charge in [0.2, 0.25) is 5.91 Å². The fourth-order valence-corrected chi connectivity index (χ4v) is 3.32. The van der Waals surface area contributed by atoms with E-state index in [1.54, 1.807) is 24.4 Å². The number of ether oxygens (including phenoxy) is 2. The molecule has 7 nitrogen and oxygen atoms in total. The van der Waals surface area contributed by atoms with Gasteiger partial charge in [-0.25, -0.2) is 5.43 Å². The smallest absolute Gasteiger partial charge is 0.240 e. The van der Waals surface area contributed by atoms with Crippen LogP contribution in [0.5, 0.6) is 11.5 Å². The number of hydrogen-bond donors (Lipinski definition) is 1. The quantitative estimate of drug-likeness (QED) is 0.351. The monoisotopic (exact) mass is 407 g/mol. The molecule has 3 aromatic rings. The fraction of sp³-hybridized carbons (Fsp3) is 0.261. The van der Waals surface area contributed by atoms with Gasteiger partial charge < -0.3 is 14.0 Å². The minimum Gasteiger partial charge on any atom is -0.493 e. The second-order valence-electron chi connectivity index (χ2n) is 6.86. The first-order valence-corrected chi connectivity index (χ1v) is 9.57. The molecule has 0 aliphatic rings. The van der Waals surface area contributed by atoms with Crippen LogP contribution in [0.4, 0.5) is 0 Å². The van der Waals surface area contributed by atoms with E-state index in [1.807, 2.05) is 38.2 Å². The number of amides is 1. The topological polar surface area (TPSA) is 81.9 Å². The van der Waals surface area contributed by atoms with Gasteiger partial charge >= 0.3 is 0 Å².